The largest absolute Gasteiger partial charge is 0.366 e. The average Bonchev–Trinajstić information content (AvgIpc) is 3.02. The van der Waals surface area contributed by atoms with E-state index in [2.05, 4.69) is 10.3 Å². The molecule has 29 heavy (non-hydrogen) atoms. The summed E-state index contributed by atoms with van der Waals surface area (Å²) in [6.07, 6.45) is 0. The average molecular weight is 430 g/mol. The predicted molar refractivity (Wildman–Crippen MR) is 112 cm³/mol. The maximum absolute atomic E-state index is 12.7. The van der Waals surface area contributed by atoms with Crippen LogP contribution < -0.4 is 11.1 Å². The number of hydrogen-bond acceptors (Lipinski definition) is 6. The van der Waals surface area contributed by atoms with Crippen LogP contribution in [-0.2, 0) is 15.6 Å². The number of benzene rings is 2. The lowest BCUT2D eigenvalue weighted by Crippen LogP contribution is -2.18. The van der Waals surface area contributed by atoms with Crippen molar-refractivity contribution >= 4 is 38.7 Å². The van der Waals surface area contributed by atoms with Crippen molar-refractivity contribution in [2.45, 2.75) is 24.5 Å². The van der Waals surface area contributed by atoms with E-state index in [9.17, 15) is 18.0 Å². The summed E-state index contributed by atoms with van der Waals surface area (Å²) in [6.45, 7) is 3.51. The normalized spacial score (nSPS) is 11.2. The molecule has 9 heteroatoms. The molecule has 0 fully saturated rings. The van der Waals surface area contributed by atoms with Crippen molar-refractivity contribution in [3.63, 3.8) is 0 Å². The first kappa shape index (κ1) is 20.7. The quantitative estimate of drug-likeness (QED) is 0.624. The van der Waals surface area contributed by atoms with Crippen molar-refractivity contribution in [2.24, 2.45) is 5.73 Å². The van der Waals surface area contributed by atoms with E-state index in [1.807, 2.05) is 6.92 Å². The summed E-state index contributed by atoms with van der Waals surface area (Å²) in [7, 11) is -3.58. The first-order chi connectivity index (χ1) is 13.7. The summed E-state index contributed by atoms with van der Waals surface area (Å²) < 4.78 is 25.3. The van der Waals surface area contributed by atoms with Gasteiger partial charge >= 0.3 is 0 Å². The zero-order chi connectivity index (χ0) is 21.2. The molecule has 2 amide bonds. The van der Waals surface area contributed by atoms with Gasteiger partial charge in [0.25, 0.3) is 11.8 Å². The van der Waals surface area contributed by atoms with Crippen LogP contribution in [0.2, 0.25) is 0 Å². The molecule has 1 heterocycles. The second kappa shape index (κ2) is 8.14. The number of nitrogens with one attached hydrogen (secondary N) is 1. The molecule has 0 saturated carbocycles. The van der Waals surface area contributed by atoms with Crippen molar-refractivity contribution < 1.29 is 18.0 Å². The Kier molecular flexibility index (Phi) is 5.81. The number of amides is 2. The van der Waals surface area contributed by atoms with Crippen LogP contribution >= 0.6 is 11.3 Å². The van der Waals surface area contributed by atoms with E-state index in [4.69, 9.17) is 5.73 Å². The lowest BCUT2D eigenvalue weighted by atomic mass is 10.1. The van der Waals surface area contributed by atoms with Crippen LogP contribution in [0.1, 0.15) is 36.3 Å². The lowest BCUT2D eigenvalue weighted by molar-refractivity contribution is 0.100. The Bertz CT molecular complexity index is 1180. The summed E-state index contributed by atoms with van der Waals surface area (Å²) in [5.74, 6) is -1.44. The van der Waals surface area contributed by atoms with E-state index < -0.39 is 21.7 Å². The van der Waals surface area contributed by atoms with Crippen LogP contribution in [0.3, 0.4) is 0 Å². The number of anilines is 1. The molecule has 1 aromatic heterocycles. The number of aromatic nitrogens is 1. The molecular weight excluding hydrogens is 410 g/mol. The van der Waals surface area contributed by atoms with Gasteiger partial charge in [0.2, 0.25) is 0 Å². The highest BCUT2D eigenvalue weighted by molar-refractivity contribution is 7.90. The van der Waals surface area contributed by atoms with Crippen LogP contribution in [0.15, 0.2) is 53.4 Å². The molecule has 7 nitrogen and oxygen atoms in total. The number of aryl methyl sites for hydroxylation is 2. The molecule has 2 aromatic carbocycles. The molecule has 0 spiro atoms. The third-order valence-corrected chi connectivity index (χ3v) is 7.16. The van der Waals surface area contributed by atoms with Gasteiger partial charge in [-0.1, -0.05) is 29.8 Å². The van der Waals surface area contributed by atoms with Crippen molar-refractivity contribution in [3.8, 4) is 0 Å². The summed E-state index contributed by atoms with van der Waals surface area (Å²) >= 11 is 1.01. The Morgan fingerprint density at radius 1 is 1.07 bits per heavy atom. The molecule has 0 aliphatic heterocycles. The minimum absolute atomic E-state index is 0.185. The second-order valence-corrected chi connectivity index (χ2v) is 9.53. The molecule has 150 valence electrons. The van der Waals surface area contributed by atoms with Crippen LogP contribution in [0, 0.1) is 13.8 Å². The van der Waals surface area contributed by atoms with E-state index in [1.54, 1.807) is 49.4 Å². The number of sulfone groups is 1. The molecule has 3 aromatic rings. The fourth-order valence-corrected chi connectivity index (χ4v) is 5.27. The Morgan fingerprint density at radius 3 is 2.38 bits per heavy atom. The van der Waals surface area contributed by atoms with Gasteiger partial charge in [0, 0.05) is 0 Å². The Balaban J connectivity index is 1.82. The van der Waals surface area contributed by atoms with Crippen LogP contribution in [0.4, 0.5) is 5.69 Å². The highest BCUT2D eigenvalue weighted by Crippen LogP contribution is 2.25. The van der Waals surface area contributed by atoms with Gasteiger partial charge in [-0.05, 0) is 38.1 Å². The third kappa shape index (κ3) is 4.69. The van der Waals surface area contributed by atoms with Crippen molar-refractivity contribution in [3.05, 3.63) is 75.2 Å². The number of hydrogen-bond donors (Lipinski definition) is 2. The second-order valence-electron chi connectivity index (χ2n) is 6.46. The summed E-state index contributed by atoms with van der Waals surface area (Å²) in [5, 5.41) is 2.96. The molecule has 3 N–H and O–H groups in total. The smallest absolute Gasteiger partial charge is 0.267 e. The van der Waals surface area contributed by atoms with Gasteiger partial charge in [-0.25, -0.2) is 13.4 Å². The molecule has 0 unspecified atom stereocenters. The Morgan fingerprint density at radius 2 is 1.72 bits per heavy atom. The molecule has 0 aliphatic carbocycles. The lowest BCUT2D eigenvalue weighted by Gasteiger charge is -2.07. The number of nitrogens with zero attached hydrogens (tertiary/aromatic N) is 1. The number of carbonyl (C=O) groups excluding carboxylic acids is 2. The van der Waals surface area contributed by atoms with Gasteiger partial charge in [0.05, 0.1) is 21.8 Å². The Hall–Kier alpha value is -3.04. The topological polar surface area (TPSA) is 119 Å². The van der Waals surface area contributed by atoms with Gasteiger partial charge in [0.15, 0.2) is 9.84 Å². The Labute approximate surface area is 172 Å². The number of thiazole rings is 1. The van der Waals surface area contributed by atoms with Gasteiger partial charge < -0.3 is 11.1 Å². The summed E-state index contributed by atoms with van der Waals surface area (Å²) in [4.78, 5) is 28.9. The first-order valence-corrected chi connectivity index (χ1v) is 11.1. The maximum Gasteiger partial charge on any atom is 0.267 e. The van der Waals surface area contributed by atoms with Crippen LogP contribution in [0.5, 0.6) is 0 Å². The van der Waals surface area contributed by atoms with Gasteiger partial charge in [-0.15, -0.1) is 11.3 Å². The van der Waals surface area contributed by atoms with Gasteiger partial charge in [-0.3, -0.25) is 9.59 Å². The SMILES string of the molecule is Cc1ccc(S(=O)(=O)Cc2nc(C)c(C(=O)Nc3ccccc3C(N)=O)s2)cc1. The number of nitrogens with two attached hydrogens (primary N) is 1. The highest BCUT2D eigenvalue weighted by Gasteiger charge is 2.22. The van der Waals surface area contributed by atoms with E-state index in [1.165, 1.54) is 6.07 Å². The predicted octanol–water partition coefficient (Wildman–Crippen LogP) is 3.09. The van der Waals surface area contributed by atoms with Crippen molar-refractivity contribution in [1.29, 1.82) is 0 Å². The molecular formula is C20H19N3O4S2. The summed E-state index contributed by atoms with van der Waals surface area (Å²) in [5.41, 5.74) is 7.18. The maximum atomic E-state index is 12.7. The fraction of sp³-hybridized carbons (Fsp3) is 0.150. The monoisotopic (exact) mass is 429 g/mol. The number of carbonyl (C=O) groups is 2. The molecule has 0 bridgehead atoms. The zero-order valence-corrected chi connectivity index (χ0v) is 17.4. The first-order valence-electron chi connectivity index (χ1n) is 8.63. The molecule has 0 radical (unpaired) electrons. The molecule has 0 aliphatic rings. The third-order valence-electron chi connectivity index (χ3n) is 4.18. The van der Waals surface area contributed by atoms with Gasteiger partial charge in [0.1, 0.15) is 15.6 Å². The van der Waals surface area contributed by atoms with E-state index in [0.717, 1.165) is 16.9 Å². The fourth-order valence-electron chi connectivity index (χ4n) is 2.70. The van der Waals surface area contributed by atoms with Crippen molar-refractivity contribution in [2.75, 3.05) is 5.32 Å². The highest BCUT2D eigenvalue weighted by atomic mass is 32.2. The molecule has 3 rings (SSSR count). The van der Waals surface area contributed by atoms with E-state index in [-0.39, 0.29) is 26.8 Å². The zero-order valence-electron chi connectivity index (χ0n) is 15.8. The minimum Gasteiger partial charge on any atom is -0.366 e. The van der Waals surface area contributed by atoms with Crippen LogP contribution in [-0.4, -0.2) is 25.2 Å². The number of para-hydroxylation sites is 1. The van der Waals surface area contributed by atoms with E-state index >= 15 is 0 Å². The summed E-state index contributed by atoms with van der Waals surface area (Å²) in [6, 6.07) is 13.0. The number of primary amides is 1. The standard InChI is InChI=1S/C20H19N3O4S2/c1-12-7-9-14(10-8-12)29(26,27)11-17-22-13(2)18(28-17)20(25)23-16-6-4-3-5-15(16)19(21)24/h3-10H,11H2,1-2H3,(H2,21,24)(H,23,25). The number of rotatable bonds is 6. The van der Waals surface area contributed by atoms with Gasteiger partial charge in [-0.2, -0.15) is 0 Å². The molecule has 0 saturated heterocycles. The minimum atomic E-state index is -3.58. The van der Waals surface area contributed by atoms with Crippen molar-refractivity contribution in [1.82, 2.24) is 4.98 Å². The molecule has 0 atom stereocenters. The van der Waals surface area contributed by atoms with E-state index in [0.29, 0.717) is 10.7 Å². The van der Waals surface area contributed by atoms with Crippen LogP contribution in [0.25, 0.3) is 0 Å².